The molecule has 0 aliphatic carbocycles. The van der Waals surface area contributed by atoms with Crippen molar-refractivity contribution in [3.8, 4) is 0 Å². The Bertz CT molecular complexity index is 1090. The van der Waals surface area contributed by atoms with Gasteiger partial charge in [0.2, 0.25) is 0 Å². The van der Waals surface area contributed by atoms with E-state index in [0.29, 0.717) is 47.0 Å². The second kappa shape index (κ2) is 7.73. The van der Waals surface area contributed by atoms with E-state index in [2.05, 4.69) is 22.2 Å². The molecule has 1 amide bonds. The summed E-state index contributed by atoms with van der Waals surface area (Å²) in [4.78, 5) is 23.9. The van der Waals surface area contributed by atoms with Crippen LogP contribution in [0, 0.1) is 24.5 Å². The smallest absolute Gasteiger partial charge is 0.257 e. The minimum absolute atomic E-state index is 0.128. The van der Waals surface area contributed by atoms with Gasteiger partial charge in [0.1, 0.15) is 0 Å². The average Bonchev–Trinajstić information content (AvgIpc) is 2.70. The van der Waals surface area contributed by atoms with Crippen LogP contribution in [0.25, 0.3) is 11.0 Å². The normalized spacial score (nSPS) is 16.8. The molecule has 1 fully saturated rings. The van der Waals surface area contributed by atoms with Crippen LogP contribution in [0.15, 0.2) is 36.5 Å². The van der Waals surface area contributed by atoms with Crippen molar-refractivity contribution in [2.75, 3.05) is 18.4 Å². The van der Waals surface area contributed by atoms with Crippen molar-refractivity contribution in [3.05, 3.63) is 59.4 Å². The van der Waals surface area contributed by atoms with E-state index in [1.807, 2.05) is 24.0 Å². The first kappa shape index (κ1) is 19.2. The van der Waals surface area contributed by atoms with Crippen molar-refractivity contribution in [1.29, 1.82) is 0 Å². The van der Waals surface area contributed by atoms with Gasteiger partial charge in [0.05, 0.1) is 11.3 Å². The first-order valence-electron chi connectivity index (χ1n) is 9.70. The third kappa shape index (κ3) is 3.90. The largest absolute Gasteiger partial charge is 0.354 e. The molecule has 1 N–H and O–H groups in total. The van der Waals surface area contributed by atoms with Gasteiger partial charge in [-0.3, -0.25) is 4.79 Å². The summed E-state index contributed by atoms with van der Waals surface area (Å²) in [6, 6.07) is 7.22. The number of hydrogen-bond donors (Lipinski definition) is 1. The molecule has 7 heteroatoms. The number of amides is 1. The predicted molar refractivity (Wildman–Crippen MR) is 108 cm³/mol. The highest BCUT2D eigenvalue weighted by molar-refractivity contribution is 6.07. The number of aryl methyl sites for hydroxylation is 1. The van der Waals surface area contributed by atoms with Gasteiger partial charge in [-0.25, -0.2) is 18.7 Å². The van der Waals surface area contributed by atoms with Crippen LogP contribution in [0.1, 0.15) is 35.8 Å². The molecule has 29 heavy (non-hydrogen) atoms. The van der Waals surface area contributed by atoms with E-state index in [9.17, 15) is 13.6 Å². The zero-order valence-electron chi connectivity index (χ0n) is 16.4. The number of benzene rings is 1. The Morgan fingerprint density at radius 1 is 1.21 bits per heavy atom. The molecule has 1 unspecified atom stereocenters. The topological polar surface area (TPSA) is 58.1 Å². The number of anilines is 2. The standard InChI is InChI=1S/C22H22F2N4O/c1-13-4-3-9-28(12-13)22(29)17-11-25-21-16(7-5-14(2)26-21)20(17)27-15-6-8-18(23)19(24)10-15/h5-8,10-11,13H,3-4,9,12H2,1-2H3,(H,25,26,27). The molecule has 2 aromatic heterocycles. The molecule has 1 aliphatic heterocycles. The predicted octanol–water partition coefficient (Wildman–Crippen LogP) is 4.83. The SMILES string of the molecule is Cc1ccc2c(Nc3ccc(F)c(F)c3)c(C(=O)N3CCCC(C)C3)cnc2n1. The Labute approximate surface area is 167 Å². The number of nitrogens with zero attached hydrogens (tertiary/aromatic N) is 3. The first-order chi connectivity index (χ1) is 13.9. The highest BCUT2D eigenvalue weighted by Gasteiger charge is 2.25. The summed E-state index contributed by atoms with van der Waals surface area (Å²) < 4.78 is 27.1. The second-order valence-corrected chi connectivity index (χ2v) is 7.62. The number of carbonyl (C=O) groups is 1. The van der Waals surface area contributed by atoms with E-state index < -0.39 is 11.6 Å². The van der Waals surface area contributed by atoms with Crippen LogP contribution >= 0.6 is 0 Å². The van der Waals surface area contributed by atoms with Gasteiger partial charge in [-0.05, 0) is 49.9 Å². The van der Waals surface area contributed by atoms with E-state index in [4.69, 9.17) is 0 Å². The number of hydrogen-bond acceptors (Lipinski definition) is 4. The highest BCUT2D eigenvalue weighted by Crippen LogP contribution is 2.31. The zero-order valence-corrected chi connectivity index (χ0v) is 16.4. The van der Waals surface area contributed by atoms with Crippen LogP contribution in [0.2, 0.25) is 0 Å². The van der Waals surface area contributed by atoms with Crippen LogP contribution in [-0.4, -0.2) is 33.9 Å². The van der Waals surface area contributed by atoms with E-state index in [1.54, 1.807) is 0 Å². The molecule has 0 radical (unpaired) electrons. The molecule has 3 aromatic rings. The number of likely N-dealkylation sites (tertiary alicyclic amines) is 1. The molecule has 1 saturated heterocycles. The van der Waals surface area contributed by atoms with Gasteiger partial charge in [0.25, 0.3) is 5.91 Å². The van der Waals surface area contributed by atoms with Crippen LogP contribution in [0.4, 0.5) is 20.2 Å². The Morgan fingerprint density at radius 2 is 2.03 bits per heavy atom. The average molecular weight is 396 g/mol. The molecule has 0 bridgehead atoms. The lowest BCUT2D eigenvalue weighted by molar-refractivity contribution is 0.0684. The van der Waals surface area contributed by atoms with Gasteiger partial charge in [0, 0.05) is 42.1 Å². The lowest BCUT2D eigenvalue weighted by Crippen LogP contribution is -2.39. The van der Waals surface area contributed by atoms with Gasteiger partial charge >= 0.3 is 0 Å². The maximum Gasteiger partial charge on any atom is 0.257 e. The molecule has 5 nitrogen and oxygen atoms in total. The number of halogens is 2. The van der Waals surface area contributed by atoms with Gasteiger partial charge in [0.15, 0.2) is 17.3 Å². The maximum absolute atomic E-state index is 13.7. The molecule has 4 rings (SSSR count). The Kier molecular flexibility index (Phi) is 5.13. The van der Waals surface area contributed by atoms with Crippen LogP contribution in [0.5, 0.6) is 0 Å². The van der Waals surface area contributed by atoms with Crippen molar-refractivity contribution >= 4 is 28.3 Å². The number of fused-ring (bicyclic) bond motifs is 1. The van der Waals surface area contributed by atoms with Gasteiger partial charge < -0.3 is 10.2 Å². The van der Waals surface area contributed by atoms with E-state index in [1.165, 1.54) is 12.3 Å². The molecule has 150 valence electrons. The Hall–Kier alpha value is -3.09. The van der Waals surface area contributed by atoms with Gasteiger partial charge in [-0.15, -0.1) is 0 Å². The summed E-state index contributed by atoms with van der Waals surface area (Å²) in [6.45, 7) is 5.37. The molecule has 1 atom stereocenters. The molecule has 0 spiro atoms. The van der Waals surface area contributed by atoms with E-state index in [0.717, 1.165) is 30.7 Å². The van der Waals surface area contributed by atoms with Crippen molar-refractivity contribution in [2.45, 2.75) is 26.7 Å². The monoisotopic (exact) mass is 396 g/mol. The van der Waals surface area contributed by atoms with Crippen LogP contribution in [-0.2, 0) is 0 Å². The van der Waals surface area contributed by atoms with E-state index in [-0.39, 0.29) is 5.91 Å². The number of aromatic nitrogens is 2. The zero-order chi connectivity index (χ0) is 20.5. The maximum atomic E-state index is 13.7. The van der Waals surface area contributed by atoms with Gasteiger partial charge in [-0.2, -0.15) is 0 Å². The summed E-state index contributed by atoms with van der Waals surface area (Å²) in [5.41, 5.74) is 2.52. The van der Waals surface area contributed by atoms with Crippen LogP contribution in [0.3, 0.4) is 0 Å². The fraction of sp³-hybridized carbons (Fsp3) is 0.318. The minimum Gasteiger partial charge on any atom is -0.354 e. The molecule has 3 heterocycles. The first-order valence-corrected chi connectivity index (χ1v) is 9.70. The number of pyridine rings is 2. The van der Waals surface area contributed by atoms with Crippen molar-refractivity contribution < 1.29 is 13.6 Å². The second-order valence-electron chi connectivity index (χ2n) is 7.62. The van der Waals surface area contributed by atoms with Crippen molar-refractivity contribution in [3.63, 3.8) is 0 Å². The fourth-order valence-corrected chi connectivity index (χ4v) is 3.73. The molecular formula is C22H22F2N4O. The van der Waals surface area contributed by atoms with Gasteiger partial charge in [-0.1, -0.05) is 6.92 Å². The number of rotatable bonds is 3. The minimum atomic E-state index is -0.958. The Morgan fingerprint density at radius 3 is 2.79 bits per heavy atom. The third-order valence-corrected chi connectivity index (χ3v) is 5.23. The summed E-state index contributed by atoms with van der Waals surface area (Å²) in [7, 11) is 0. The molecule has 1 aromatic carbocycles. The van der Waals surface area contributed by atoms with E-state index >= 15 is 0 Å². The number of nitrogens with one attached hydrogen (secondary N) is 1. The quantitative estimate of drug-likeness (QED) is 0.689. The third-order valence-electron chi connectivity index (χ3n) is 5.23. The number of carbonyl (C=O) groups excluding carboxylic acids is 1. The Balaban J connectivity index is 1.80. The lowest BCUT2D eigenvalue weighted by Gasteiger charge is -2.31. The summed E-state index contributed by atoms with van der Waals surface area (Å²) in [6.07, 6.45) is 3.57. The lowest BCUT2D eigenvalue weighted by atomic mass is 9.99. The van der Waals surface area contributed by atoms with Crippen molar-refractivity contribution in [1.82, 2.24) is 14.9 Å². The summed E-state index contributed by atoms with van der Waals surface area (Å²) in [5.74, 6) is -1.57. The molecular weight excluding hydrogens is 374 g/mol. The fourth-order valence-electron chi connectivity index (χ4n) is 3.73. The molecule has 0 saturated carbocycles. The summed E-state index contributed by atoms with van der Waals surface area (Å²) in [5, 5.41) is 3.75. The summed E-state index contributed by atoms with van der Waals surface area (Å²) >= 11 is 0. The highest BCUT2D eigenvalue weighted by atomic mass is 19.2. The van der Waals surface area contributed by atoms with Crippen LogP contribution < -0.4 is 5.32 Å². The molecule has 1 aliphatic rings. The number of piperidine rings is 1. The van der Waals surface area contributed by atoms with Crippen molar-refractivity contribution in [2.24, 2.45) is 5.92 Å².